The molecule has 1 nitrogen and oxygen atoms in total. The zero-order chi connectivity index (χ0) is 0. The third kappa shape index (κ3) is 8.87. The smallest absolute Gasteiger partial charge is 0 e. The van der Waals surface area contributed by atoms with Crippen molar-refractivity contribution in [1.82, 2.24) is 0 Å². The third-order valence-electron chi connectivity index (χ3n) is 0. The van der Waals surface area contributed by atoms with Gasteiger partial charge in [-0.25, -0.2) is 0 Å². The van der Waals surface area contributed by atoms with Crippen molar-refractivity contribution >= 4 is 75.1 Å². The molecule has 0 heterocycles. The molecule has 0 spiro atoms. The molecule has 0 rings (SSSR count). The van der Waals surface area contributed by atoms with Crippen molar-refractivity contribution in [1.29, 1.82) is 0 Å². The van der Waals surface area contributed by atoms with E-state index in [1.165, 1.54) is 0 Å². The van der Waals surface area contributed by atoms with Crippen LogP contribution < -0.4 is 0 Å². The van der Waals surface area contributed by atoms with E-state index < -0.39 is 0 Å². The van der Waals surface area contributed by atoms with Crippen molar-refractivity contribution < 1.29 is 25.4 Å². The summed E-state index contributed by atoms with van der Waals surface area (Å²) in [6.07, 6.45) is 0. The molecule has 4 heteroatoms. The van der Waals surface area contributed by atoms with E-state index in [9.17, 15) is 0 Å². The first-order valence-electron chi connectivity index (χ1n) is 0. The van der Waals surface area contributed by atoms with Gasteiger partial charge in [-0.3, -0.25) is 0 Å². The van der Waals surface area contributed by atoms with E-state index in [0.29, 0.717) is 0 Å². The van der Waals surface area contributed by atoms with Gasteiger partial charge in [0, 0.05) is 17.1 Å². The predicted molar refractivity (Wildman–Crippen MR) is 21.5 cm³/mol. The van der Waals surface area contributed by atoms with Crippen LogP contribution in [0.15, 0.2) is 0 Å². The molecule has 0 amide bonds. The van der Waals surface area contributed by atoms with Gasteiger partial charge in [0.2, 0.25) is 0 Å². The van der Waals surface area contributed by atoms with Crippen molar-refractivity contribution in [2.24, 2.45) is 0 Å². The van der Waals surface area contributed by atoms with E-state index in [2.05, 4.69) is 0 Å². The van der Waals surface area contributed by atoms with Crippen molar-refractivity contribution in [2.75, 3.05) is 0 Å². The molecule has 2 N–H and O–H groups in total. The molecule has 4 heavy (non-hydrogen) atoms. The number of hydrogen-bond acceptors (Lipinski definition) is 0. The molecule has 0 saturated carbocycles. The maximum atomic E-state index is 0. The summed E-state index contributed by atoms with van der Waals surface area (Å²) >= 11 is 0. The first kappa shape index (κ1) is 28.4. The van der Waals surface area contributed by atoms with Crippen molar-refractivity contribution in [3.63, 3.8) is 0 Å². The third-order valence-corrected chi connectivity index (χ3v) is 0. The summed E-state index contributed by atoms with van der Waals surface area (Å²) in [5, 5.41) is 0. The molecular formula is H7BaBiCuO. The average Bonchev–Trinajstić information content (AvgIpc) is 0. The van der Waals surface area contributed by atoms with Crippen molar-refractivity contribution in [3.8, 4) is 0 Å². The molecule has 0 unspecified atom stereocenters. The van der Waals surface area contributed by atoms with Gasteiger partial charge in [-0.2, -0.15) is 0 Å². The molecule has 31 valence electrons. The zero-order valence-electron chi connectivity index (χ0n) is 4.22. The van der Waals surface area contributed by atoms with Gasteiger partial charge in [-0.05, 0) is 0 Å². The summed E-state index contributed by atoms with van der Waals surface area (Å²) in [7, 11) is 0. The molecule has 0 atom stereocenters. The summed E-state index contributed by atoms with van der Waals surface area (Å²) < 4.78 is 0. The summed E-state index contributed by atoms with van der Waals surface area (Å²) in [6, 6.07) is 0. The fourth-order valence-corrected chi connectivity index (χ4v) is 0. The maximum Gasteiger partial charge on any atom is 0 e. The predicted octanol–water partition coefficient (Wildman–Crippen LogP) is -2.17. The Kier molecular flexibility index (Phi) is 119. The second kappa shape index (κ2) is 16.8. The molecular weight excluding hydrogens is 426 g/mol. The minimum atomic E-state index is 0. The molecule has 0 saturated heterocycles. The largest absolute Gasteiger partial charge is 1.00 e. The second-order valence-electron chi connectivity index (χ2n) is 0. The monoisotopic (exact) mass is 433 g/mol. The Labute approximate surface area is 98.2 Å². The minimum Gasteiger partial charge on any atom is -1.00 e. The van der Waals surface area contributed by atoms with Crippen LogP contribution >= 0.6 is 0 Å². The molecule has 0 aromatic heterocycles. The van der Waals surface area contributed by atoms with Crippen LogP contribution in [0, 0.1) is 0 Å². The summed E-state index contributed by atoms with van der Waals surface area (Å²) in [6.45, 7) is 0. The molecule has 1 radical (unpaired) electrons. The quantitative estimate of drug-likeness (QED) is 0.390. The van der Waals surface area contributed by atoms with Crippen LogP contribution in [0.25, 0.3) is 0 Å². The summed E-state index contributed by atoms with van der Waals surface area (Å²) in [5.74, 6) is 0. The van der Waals surface area contributed by atoms with Crippen LogP contribution in [0.4, 0.5) is 0 Å². The van der Waals surface area contributed by atoms with Crippen LogP contribution in [0.1, 0.15) is 2.85 Å². The van der Waals surface area contributed by atoms with Gasteiger partial charge in [0.25, 0.3) is 0 Å². The Hall–Kier alpha value is 2.93. The molecule has 0 aliphatic heterocycles. The van der Waals surface area contributed by atoms with Gasteiger partial charge < -0.3 is 8.33 Å². The Balaban J connectivity index is 0. The molecule has 0 aromatic carbocycles. The normalized spacial score (nSPS) is 0. The van der Waals surface area contributed by atoms with Gasteiger partial charge in [0.15, 0.2) is 0 Å². The standard InChI is InChI=1S/Ba.Bi.Cu.H2O.5H/h;;;1H2;;;;;/q+2;;;;;;;2*-1. The Morgan fingerprint density at radius 2 is 1.25 bits per heavy atom. The molecule has 0 bridgehead atoms. The Bertz CT molecular complexity index is 13.5. The summed E-state index contributed by atoms with van der Waals surface area (Å²) in [5.41, 5.74) is 0. The van der Waals surface area contributed by atoms with Crippen LogP contribution in [0.2, 0.25) is 0 Å². The molecule has 0 aromatic rings. The van der Waals surface area contributed by atoms with E-state index >= 15 is 0 Å². The van der Waals surface area contributed by atoms with Gasteiger partial charge in [-0.1, -0.05) is 0 Å². The average molecular weight is 433 g/mol. The van der Waals surface area contributed by atoms with Crippen molar-refractivity contribution in [2.45, 2.75) is 0 Å². The molecule has 0 aliphatic carbocycles. The van der Waals surface area contributed by atoms with Crippen LogP contribution in [0.5, 0.6) is 0 Å². The van der Waals surface area contributed by atoms with E-state index in [4.69, 9.17) is 0 Å². The van der Waals surface area contributed by atoms with Gasteiger partial charge >= 0.3 is 75.1 Å². The van der Waals surface area contributed by atoms with Crippen LogP contribution in [-0.4, -0.2) is 80.6 Å². The Morgan fingerprint density at radius 1 is 1.25 bits per heavy atom. The zero-order valence-corrected chi connectivity index (χ0v) is 13.1. The van der Waals surface area contributed by atoms with Crippen molar-refractivity contribution in [3.05, 3.63) is 0 Å². The number of hydrogen-bond donors (Lipinski definition) is 0. The molecule has 0 aliphatic rings. The SMILES string of the molecule is O.[Ba+2].[BiH3].[Cu].[H-].[H-]. The first-order chi connectivity index (χ1) is 0. The molecule has 0 fully saturated rings. The van der Waals surface area contributed by atoms with Gasteiger partial charge in [0.1, 0.15) is 0 Å². The number of rotatable bonds is 0. The van der Waals surface area contributed by atoms with Gasteiger partial charge in [-0.15, -0.1) is 0 Å². The summed E-state index contributed by atoms with van der Waals surface area (Å²) in [4.78, 5) is 0. The fourth-order valence-electron chi connectivity index (χ4n) is 0. The second-order valence-corrected chi connectivity index (χ2v) is 0. The fraction of sp³-hybridized carbons (Fsp3) is 0. The van der Waals surface area contributed by atoms with E-state index in [1.807, 2.05) is 0 Å². The minimum absolute atomic E-state index is 0. The van der Waals surface area contributed by atoms with E-state index in [-0.39, 0.29) is 100 Å². The Morgan fingerprint density at radius 3 is 1.25 bits per heavy atom. The topological polar surface area (TPSA) is 31.5 Å². The first-order valence-corrected chi connectivity index (χ1v) is 0. The van der Waals surface area contributed by atoms with Crippen LogP contribution in [0.3, 0.4) is 0 Å². The van der Waals surface area contributed by atoms with Gasteiger partial charge in [0.05, 0.1) is 0 Å². The maximum absolute atomic E-state index is 0. The van der Waals surface area contributed by atoms with Crippen LogP contribution in [-0.2, 0) is 17.1 Å². The van der Waals surface area contributed by atoms with E-state index in [1.54, 1.807) is 0 Å². The van der Waals surface area contributed by atoms with E-state index in [0.717, 1.165) is 0 Å².